The van der Waals surface area contributed by atoms with E-state index >= 15 is 0 Å². The number of carbonyl (C=O) groups is 1. The standard InChI is InChI=1S/C6H9NOS/c1-2-6(8)7-3-5-4-9-5/h2,5H,1,3-4H2,(H,7,8). The minimum absolute atomic E-state index is 0.0671. The topological polar surface area (TPSA) is 29.1 Å². The fraction of sp³-hybridized carbons (Fsp3) is 0.500. The third kappa shape index (κ3) is 2.56. The molecule has 1 unspecified atom stereocenters. The highest BCUT2D eigenvalue weighted by atomic mass is 32.2. The summed E-state index contributed by atoms with van der Waals surface area (Å²) >= 11 is 1.87. The molecule has 9 heavy (non-hydrogen) atoms. The Morgan fingerprint density at radius 2 is 2.67 bits per heavy atom. The highest BCUT2D eigenvalue weighted by Gasteiger charge is 2.21. The Balaban J connectivity index is 2.02. The molecule has 0 spiro atoms. The molecule has 0 radical (unpaired) electrons. The van der Waals surface area contributed by atoms with E-state index in [-0.39, 0.29) is 5.91 Å². The van der Waals surface area contributed by atoms with Crippen LogP contribution in [0.3, 0.4) is 0 Å². The normalized spacial score (nSPS) is 22.9. The molecule has 2 nitrogen and oxygen atoms in total. The Hall–Kier alpha value is -0.440. The second-order valence-electron chi connectivity index (χ2n) is 1.90. The zero-order chi connectivity index (χ0) is 6.69. The first-order valence-electron chi connectivity index (χ1n) is 2.85. The summed E-state index contributed by atoms with van der Waals surface area (Å²) in [4.78, 5) is 10.5. The van der Waals surface area contributed by atoms with E-state index in [4.69, 9.17) is 0 Å². The van der Waals surface area contributed by atoms with Crippen molar-refractivity contribution >= 4 is 17.7 Å². The number of hydrogen-bond donors (Lipinski definition) is 1. The van der Waals surface area contributed by atoms with E-state index in [1.165, 1.54) is 11.8 Å². The van der Waals surface area contributed by atoms with Gasteiger partial charge >= 0.3 is 0 Å². The number of rotatable bonds is 3. The minimum atomic E-state index is -0.0671. The summed E-state index contributed by atoms with van der Waals surface area (Å²) < 4.78 is 0. The second-order valence-corrected chi connectivity index (χ2v) is 3.24. The third-order valence-electron chi connectivity index (χ3n) is 1.09. The van der Waals surface area contributed by atoms with Crippen LogP contribution in [0, 0.1) is 0 Å². The molecule has 0 aliphatic carbocycles. The van der Waals surface area contributed by atoms with Crippen molar-refractivity contribution in [3.8, 4) is 0 Å². The number of nitrogens with one attached hydrogen (secondary N) is 1. The van der Waals surface area contributed by atoms with E-state index < -0.39 is 0 Å². The molecule has 0 bridgehead atoms. The van der Waals surface area contributed by atoms with Crippen LogP contribution in [0.25, 0.3) is 0 Å². The fourth-order valence-corrected chi connectivity index (χ4v) is 0.928. The number of hydrogen-bond acceptors (Lipinski definition) is 2. The summed E-state index contributed by atoms with van der Waals surface area (Å²) in [5, 5.41) is 3.39. The van der Waals surface area contributed by atoms with E-state index in [0.29, 0.717) is 5.25 Å². The summed E-state index contributed by atoms with van der Waals surface area (Å²) in [6.45, 7) is 4.14. The van der Waals surface area contributed by atoms with Crippen molar-refractivity contribution in [1.29, 1.82) is 0 Å². The zero-order valence-electron chi connectivity index (χ0n) is 5.09. The molecular weight excluding hydrogens is 134 g/mol. The molecule has 1 fully saturated rings. The predicted molar refractivity (Wildman–Crippen MR) is 39.5 cm³/mol. The smallest absolute Gasteiger partial charge is 0.243 e. The lowest BCUT2D eigenvalue weighted by Crippen LogP contribution is -2.24. The van der Waals surface area contributed by atoms with Gasteiger partial charge in [-0.25, -0.2) is 0 Å². The van der Waals surface area contributed by atoms with Gasteiger partial charge in [0.05, 0.1) is 0 Å². The van der Waals surface area contributed by atoms with Crippen molar-refractivity contribution < 1.29 is 4.79 Å². The largest absolute Gasteiger partial charge is 0.351 e. The van der Waals surface area contributed by atoms with Gasteiger partial charge in [-0.2, -0.15) is 11.8 Å². The Bertz CT molecular complexity index is 131. The Morgan fingerprint density at radius 1 is 2.00 bits per heavy atom. The first-order valence-corrected chi connectivity index (χ1v) is 3.89. The molecule has 1 rings (SSSR count). The first-order chi connectivity index (χ1) is 4.33. The molecule has 1 N–H and O–H groups in total. The molecule has 1 atom stereocenters. The first kappa shape index (κ1) is 6.68. The van der Waals surface area contributed by atoms with Crippen molar-refractivity contribution in [3.63, 3.8) is 0 Å². The molecule has 1 heterocycles. The highest BCUT2D eigenvalue weighted by Crippen LogP contribution is 2.28. The maximum atomic E-state index is 10.5. The van der Waals surface area contributed by atoms with Crippen molar-refractivity contribution in [2.24, 2.45) is 0 Å². The van der Waals surface area contributed by atoms with Crippen LogP contribution in [0.4, 0.5) is 0 Å². The SMILES string of the molecule is C=CC(=O)NCC1CS1. The van der Waals surface area contributed by atoms with Crippen LogP contribution in [0.1, 0.15) is 0 Å². The van der Waals surface area contributed by atoms with Gasteiger partial charge in [-0.3, -0.25) is 4.79 Å². The lowest BCUT2D eigenvalue weighted by Gasteiger charge is -1.95. The van der Waals surface area contributed by atoms with E-state index in [1.54, 1.807) is 0 Å². The molecular formula is C6H9NOS. The van der Waals surface area contributed by atoms with Crippen molar-refractivity contribution in [2.45, 2.75) is 5.25 Å². The zero-order valence-corrected chi connectivity index (χ0v) is 5.91. The van der Waals surface area contributed by atoms with Gasteiger partial charge in [0.1, 0.15) is 0 Å². The monoisotopic (exact) mass is 143 g/mol. The van der Waals surface area contributed by atoms with Gasteiger partial charge in [0, 0.05) is 17.5 Å². The lowest BCUT2D eigenvalue weighted by atomic mass is 10.4. The summed E-state index contributed by atoms with van der Waals surface area (Å²) in [5.41, 5.74) is 0. The number of amides is 1. The second kappa shape index (κ2) is 2.92. The van der Waals surface area contributed by atoms with Crippen molar-refractivity contribution in [2.75, 3.05) is 12.3 Å². The summed E-state index contributed by atoms with van der Waals surface area (Å²) in [7, 11) is 0. The summed E-state index contributed by atoms with van der Waals surface area (Å²) in [5.74, 6) is 1.12. The molecule has 0 aromatic rings. The van der Waals surface area contributed by atoms with Crippen LogP contribution in [0.5, 0.6) is 0 Å². The van der Waals surface area contributed by atoms with Crippen LogP contribution in [0.2, 0.25) is 0 Å². The maximum absolute atomic E-state index is 10.5. The van der Waals surface area contributed by atoms with E-state index in [1.807, 2.05) is 11.8 Å². The number of carbonyl (C=O) groups excluding carboxylic acids is 1. The molecule has 1 aliphatic rings. The Kier molecular flexibility index (Phi) is 2.16. The van der Waals surface area contributed by atoms with Crippen LogP contribution in [-0.4, -0.2) is 23.5 Å². The molecule has 0 aromatic heterocycles. The maximum Gasteiger partial charge on any atom is 0.243 e. The van der Waals surface area contributed by atoms with Crippen LogP contribution >= 0.6 is 11.8 Å². The van der Waals surface area contributed by atoms with Gasteiger partial charge in [-0.1, -0.05) is 6.58 Å². The van der Waals surface area contributed by atoms with Gasteiger partial charge < -0.3 is 5.32 Å². The van der Waals surface area contributed by atoms with Gasteiger partial charge in [0.25, 0.3) is 0 Å². The van der Waals surface area contributed by atoms with Crippen molar-refractivity contribution in [1.82, 2.24) is 5.32 Å². The highest BCUT2D eigenvalue weighted by molar-refractivity contribution is 8.06. The van der Waals surface area contributed by atoms with Crippen LogP contribution in [-0.2, 0) is 4.79 Å². The molecule has 3 heteroatoms. The van der Waals surface area contributed by atoms with Crippen LogP contribution in [0.15, 0.2) is 12.7 Å². The van der Waals surface area contributed by atoms with E-state index in [9.17, 15) is 4.79 Å². The fourth-order valence-electron chi connectivity index (χ4n) is 0.472. The van der Waals surface area contributed by atoms with Crippen LogP contribution < -0.4 is 5.32 Å². The average Bonchev–Trinajstić information content (AvgIpc) is 2.65. The van der Waals surface area contributed by atoms with Gasteiger partial charge in [-0.05, 0) is 6.08 Å². The Labute approximate surface area is 58.7 Å². The Morgan fingerprint density at radius 3 is 3.11 bits per heavy atom. The predicted octanol–water partition coefficient (Wildman–Crippen LogP) is 0.404. The summed E-state index contributed by atoms with van der Waals surface area (Å²) in [6.07, 6.45) is 1.30. The van der Waals surface area contributed by atoms with E-state index in [2.05, 4.69) is 11.9 Å². The van der Waals surface area contributed by atoms with E-state index in [0.717, 1.165) is 6.54 Å². The summed E-state index contributed by atoms with van der Waals surface area (Å²) in [6, 6.07) is 0. The molecule has 1 amide bonds. The third-order valence-corrected chi connectivity index (χ3v) is 2.06. The lowest BCUT2D eigenvalue weighted by molar-refractivity contribution is -0.116. The van der Waals surface area contributed by atoms with Gasteiger partial charge in [0.15, 0.2) is 0 Å². The minimum Gasteiger partial charge on any atom is -0.351 e. The average molecular weight is 143 g/mol. The molecule has 1 saturated heterocycles. The molecule has 50 valence electrons. The molecule has 1 aliphatic heterocycles. The van der Waals surface area contributed by atoms with Crippen molar-refractivity contribution in [3.05, 3.63) is 12.7 Å². The van der Waals surface area contributed by atoms with Gasteiger partial charge in [0.2, 0.25) is 5.91 Å². The number of thioether (sulfide) groups is 1. The van der Waals surface area contributed by atoms with Gasteiger partial charge in [-0.15, -0.1) is 0 Å². The molecule has 0 saturated carbocycles. The quantitative estimate of drug-likeness (QED) is 0.458. The molecule has 0 aromatic carbocycles.